The van der Waals surface area contributed by atoms with Gasteiger partial charge in [0.15, 0.2) is 5.13 Å². The van der Waals surface area contributed by atoms with E-state index >= 15 is 0 Å². The van der Waals surface area contributed by atoms with Gasteiger partial charge in [-0.15, -0.1) is 11.3 Å². The molecule has 4 rings (SSSR count). The number of hydrogen-bond acceptors (Lipinski definition) is 7. The third-order valence-electron chi connectivity index (χ3n) is 4.63. The molecule has 0 unspecified atom stereocenters. The number of anilines is 1. The number of ether oxygens (including phenoxy) is 1. The fourth-order valence-corrected chi connectivity index (χ4v) is 5.11. The maximum absolute atomic E-state index is 12.4. The molecule has 1 fully saturated rings. The van der Waals surface area contributed by atoms with E-state index in [1.54, 1.807) is 23.5 Å². The topological polar surface area (TPSA) is 62.7 Å². The van der Waals surface area contributed by atoms with E-state index in [9.17, 15) is 9.59 Å². The second-order valence-electron chi connectivity index (χ2n) is 6.94. The van der Waals surface area contributed by atoms with Gasteiger partial charge >= 0.3 is 5.97 Å². The molecule has 0 N–H and O–H groups in total. The molecule has 28 heavy (non-hydrogen) atoms. The average Bonchev–Trinajstić information content (AvgIpc) is 3.41. The van der Waals surface area contributed by atoms with Gasteiger partial charge in [-0.25, -0.2) is 9.78 Å². The predicted molar refractivity (Wildman–Crippen MR) is 113 cm³/mol. The Balaban J connectivity index is 1.36. The van der Waals surface area contributed by atoms with Gasteiger partial charge in [0.1, 0.15) is 16.3 Å². The van der Waals surface area contributed by atoms with Crippen molar-refractivity contribution >= 4 is 49.2 Å². The van der Waals surface area contributed by atoms with Gasteiger partial charge < -0.3 is 14.5 Å². The predicted octanol–water partition coefficient (Wildman–Crippen LogP) is 4.02. The van der Waals surface area contributed by atoms with Gasteiger partial charge in [0.25, 0.3) is 5.91 Å². The van der Waals surface area contributed by atoms with E-state index in [-0.39, 0.29) is 18.5 Å². The molecule has 146 valence electrons. The summed E-state index contributed by atoms with van der Waals surface area (Å²) in [6.45, 7) is 1.85. The van der Waals surface area contributed by atoms with Crippen LogP contribution in [0.1, 0.15) is 38.4 Å². The number of rotatable bonds is 5. The monoisotopic (exact) mass is 415 g/mol. The summed E-state index contributed by atoms with van der Waals surface area (Å²) < 4.78 is 6.42. The Kier molecular flexibility index (Phi) is 5.32. The van der Waals surface area contributed by atoms with Crippen LogP contribution in [0.2, 0.25) is 0 Å². The summed E-state index contributed by atoms with van der Waals surface area (Å²) in [4.78, 5) is 34.5. The Morgan fingerprint density at radius 3 is 2.50 bits per heavy atom. The minimum absolute atomic E-state index is 0.0734. The number of thiazole rings is 1. The lowest BCUT2D eigenvalue weighted by Crippen LogP contribution is -2.27. The number of likely N-dealkylation sites (tertiary alicyclic amines) is 1. The number of amides is 1. The van der Waals surface area contributed by atoms with Gasteiger partial charge in [-0.2, -0.15) is 0 Å². The third-order valence-corrected chi connectivity index (χ3v) is 6.93. The van der Waals surface area contributed by atoms with Crippen LogP contribution in [0.15, 0.2) is 30.3 Å². The molecule has 8 heteroatoms. The van der Waals surface area contributed by atoms with Crippen molar-refractivity contribution in [1.82, 2.24) is 9.88 Å². The number of fused-ring (bicyclic) bond motifs is 1. The molecular weight excluding hydrogens is 394 g/mol. The van der Waals surface area contributed by atoms with Crippen molar-refractivity contribution in [3.63, 3.8) is 0 Å². The molecule has 0 aliphatic carbocycles. The number of carbonyl (C=O) groups excluding carboxylic acids is 2. The van der Waals surface area contributed by atoms with Crippen LogP contribution < -0.4 is 4.90 Å². The van der Waals surface area contributed by atoms with Gasteiger partial charge in [-0.1, -0.05) is 23.5 Å². The van der Waals surface area contributed by atoms with Crippen molar-refractivity contribution in [2.45, 2.75) is 19.4 Å². The maximum Gasteiger partial charge on any atom is 0.348 e. The zero-order valence-corrected chi connectivity index (χ0v) is 17.4. The first-order chi connectivity index (χ1) is 13.5. The Hall–Kier alpha value is -2.45. The lowest BCUT2D eigenvalue weighted by atomic mass is 10.1. The summed E-state index contributed by atoms with van der Waals surface area (Å²) in [5, 5.41) is 0.921. The summed E-state index contributed by atoms with van der Waals surface area (Å²) in [5.74, 6) is -0.275. The molecule has 0 saturated carbocycles. The Morgan fingerprint density at radius 1 is 1.14 bits per heavy atom. The first-order valence-corrected chi connectivity index (χ1v) is 10.8. The second-order valence-corrected chi connectivity index (χ2v) is 8.98. The van der Waals surface area contributed by atoms with Crippen molar-refractivity contribution in [3.8, 4) is 0 Å². The van der Waals surface area contributed by atoms with E-state index in [1.165, 1.54) is 11.3 Å². The minimum atomic E-state index is -0.348. The van der Waals surface area contributed by atoms with Crippen LogP contribution in [0.4, 0.5) is 5.13 Å². The molecule has 1 aliphatic heterocycles. The van der Waals surface area contributed by atoms with E-state index in [1.807, 2.05) is 42.1 Å². The highest BCUT2D eigenvalue weighted by Crippen LogP contribution is 2.34. The lowest BCUT2D eigenvalue weighted by Gasteiger charge is -2.15. The van der Waals surface area contributed by atoms with Crippen LogP contribution in [0.3, 0.4) is 0 Å². The maximum atomic E-state index is 12.4. The SMILES string of the molecule is CN(C)c1nc2sc(C(=O)OCc3ccc(C(=O)N4CCCC4)cc3)cc2s1. The Morgan fingerprint density at radius 2 is 1.86 bits per heavy atom. The number of benzene rings is 1. The third kappa shape index (κ3) is 3.88. The second kappa shape index (κ2) is 7.89. The highest BCUT2D eigenvalue weighted by molar-refractivity contribution is 7.29. The standard InChI is InChI=1S/C20H21N3O3S2/c1-22(2)20-21-17-15(28-20)11-16(27-17)19(25)26-12-13-5-7-14(8-6-13)18(24)23-9-3-4-10-23/h5-8,11H,3-4,9-10,12H2,1-2H3. The normalized spacial score (nSPS) is 13.9. The molecule has 0 atom stereocenters. The summed E-state index contributed by atoms with van der Waals surface area (Å²) in [6, 6.07) is 9.13. The molecule has 0 radical (unpaired) electrons. The molecule has 0 spiro atoms. The number of hydrogen-bond donors (Lipinski definition) is 0. The van der Waals surface area contributed by atoms with Crippen LogP contribution in [0.25, 0.3) is 9.53 Å². The molecule has 1 aliphatic rings. The fourth-order valence-electron chi connectivity index (χ4n) is 3.08. The van der Waals surface area contributed by atoms with Crippen LogP contribution in [-0.4, -0.2) is 48.9 Å². The summed E-state index contributed by atoms with van der Waals surface area (Å²) in [6.07, 6.45) is 2.15. The van der Waals surface area contributed by atoms with Crippen molar-refractivity contribution < 1.29 is 14.3 Å². The van der Waals surface area contributed by atoms with Crippen LogP contribution >= 0.6 is 22.7 Å². The Bertz CT molecular complexity index is 970. The van der Waals surface area contributed by atoms with E-state index in [0.717, 1.165) is 46.2 Å². The van der Waals surface area contributed by atoms with Crippen molar-refractivity contribution in [2.24, 2.45) is 0 Å². The summed E-state index contributed by atoms with van der Waals surface area (Å²) in [7, 11) is 3.89. The molecule has 0 bridgehead atoms. The van der Waals surface area contributed by atoms with Crippen molar-refractivity contribution in [2.75, 3.05) is 32.1 Å². The summed E-state index contributed by atoms with van der Waals surface area (Å²) in [5.41, 5.74) is 1.54. The van der Waals surface area contributed by atoms with E-state index in [2.05, 4.69) is 4.98 Å². The quantitative estimate of drug-likeness (QED) is 0.589. The molecule has 1 amide bonds. The van der Waals surface area contributed by atoms with E-state index in [4.69, 9.17) is 4.74 Å². The van der Waals surface area contributed by atoms with Gasteiger partial charge in [0.2, 0.25) is 0 Å². The molecule has 3 aromatic rings. The van der Waals surface area contributed by atoms with Gasteiger partial charge in [-0.05, 0) is 36.6 Å². The van der Waals surface area contributed by atoms with Gasteiger partial charge in [-0.3, -0.25) is 4.79 Å². The van der Waals surface area contributed by atoms with Crippen LogP contribution in [0.5, 0.6) is 0 Å². The number of esters is 1. The molecular formula is C20H21N3O3S2. The minimum Gasteiger partial charge on any atom is -0.457 e. The van der Waals surface area contributed by atoms with Gasteiger partial charge in [0, 0.05) is 32.7 Å². The first kappa shape index (κ1) is 18.9. The average molecular weight is 416 g/mol. The van der Waals surface area contributed by atoms with E-state index < -0.39 is 0 Å². The largest absolute Gasteiger partial charge is 0.457 e. The zero-order chi connectivity index (χ0) is 19.7. The first-order valence-electron chi connectivity index (χ1n) is 9.14. The highest BCUT2D eigenvalue weighted by atomic mass is 32.1. The van der Waals surface area contributed by atoms with Gasteiger partial charge in [0.05, 0.1) is 4.70 Å². The van der Waals surface area contributed by atoms with Crippen LogP contribution in [-0.2, 0) is 11.3 Å². The molecule has 1 saturated heterocycles. The molecule has 6 nitrogen and oxygen atoms in total. The Labute approximate surface area is 171 Å². The zero-order valence-electron chi connectivity index (χ0n) is 15.8. The highest BCUT2D eigenvalue weighted by Gasteiger charge is 2.19. The summed E-state index contributed by atoms with van der Waals surface area (Å²) >= 11 is 2.90. The van der Waals surface area contributed by atoms with Crippen LogP contribution in [0, 0.1) is 0 Å². The van der Waals surface area contributed by atoms with E-state index in [0.29, 0.717) is 10.4 Å². The van der Waals surface area contributed by atoms with Crippen molar-refractivity contribution in [1.29, 1.82) is 0 Å². The fraction of sp³-hybridized carbons (Fsp3) is 0.350. The smallest absolute Gasteiger partial charge is 0.348 e. The number of carbonyl (C=O) groups is 2. The number of aromatic nitrogens is 1. The molecule has 2 aromatic heterocycles. The van der Waals surface area contributed by atoms with Crippen molar-refractivity contribution in [3.05, 3.63) is 46.3 Å². The lowest BCUT2D eigenvalue weighted by molar-refractivity contribution is 0.0478. The molecule has 1 aromatic carbocycles. The number of nitrogens with zero attached hydrogens (tertiary/aromatic N) is 3. The number of thiophene rings is 1. The molecule has 3 heterocycles.